The van der Waals surface area contributed by atoms with Crippen LogP contribution >= 0.6 is 15.9 Å². The largest absolute Gasteiger partial charge is 0.398 e. The average molecular weight is 362 g/mol. The predicted molar refractivity (Wildman–Crippen MR) is 84.0 cm³/mol. The zero-order valence-corrected chi connectivity index (χ0v) is 14.1. The summed E-state index contributed by atoms with van der Waals surface area (Å²) < 4.78 is 27.6. The smallest absolute Gasteiger partial charge is 0.243 e. The standard InChI is InChI=1S/C13H20BrN3O2S/c1-3-10-9-17(7-6-16(10)2)20(18,19)11-4-5-12(14)13(15)8-11/h4-5,8,10H,3,6-7,9,15H2,1-2H3. The maximum Gasteiger partial charge on any atom is 0.243 e. The van der Waals surface area contributed by atoms with E-state index in [2.05, 4.69) is 27.8 Å². The third kappa shape index (κ3) is 3.00. The molecule has 0 aliphatic carbocycles. The van der Waals surface area contributed by atoms with Crippen molar-refractivity contribution in [1.29, 1.82) is 0 Å². The summed E-state index contributed by atoms with van der Waals surface area (Å²) in [6, 6.07) is 5.05. The Morgan fingerprint density at radius 3 is 2.70 bits per heavy atom. The number of piperazine rings is 1. The number of nitrogens with two attached hydrogens (primary N) is 1. The predicted octanol–water partition coefficient (Wildman–Crippen LogP) is 1.75. The Morgan fingerprint density at radius 2 is 2.10 bits per heavy atom. The highest BCUT2D eigenvalue weighted by molar-refractivity contribution is 9.10. The first-order chi connectivity index (χ1) is 9.36. The number of likely N-dealkylation sites (N-methyl/N-ethyl adjacent to an activating group) is 1. The fraction of sp³-hybridized carbons (Fsp3) is 0.538. The highest BCUT2D eigenvalue weighted by Crippen LogP contribution is 2.26. The van der Waals surface area contributed by atoms with Crippen LogP contribution < -0.4 is 5.73 Å². The molecular weight excluding hydrogens is 342 g/mol. The fourth-order valence-electron chi connectivity index (χ4n) is 2.41. The van der Waals surface area contributed by atoms with Gasteiger partial charge in [-0.1, -0.05) is 6.92 Å². The summed E-state index contributed by atoms with van der Waals surface area (Å²) >= 11 is 3.28. The number of anilines is 1. The van der Waals surface area contributed by atoms with E-state index in [9.17, 15) is 8.42 Å². The van der Waals surface area contributed by atoms with Gasteiger partial charge in [-0.15, -0.1) is 0 Å². The van der Waals surface area contributed by atoms with Crippen molar-refractivity contribution in [2.45, 2.75) is 24.3 Å². The van der Waals surface area contributed by atoms with Crippen molar-refractivity contribution in [3.8, 4) is 0 Å². The summed E-state index contributed by atoms with van der Waals surface area (Å²) in [6.07, 6.45) is 0.936. The lowest BCUT2D eigenvalue weighted by molar-refractivity contribution is 0.144. The highest BCUT2D eigenvalue weighted by Gasteiger charge is 2.32. The van der Waals surface area contributed by atoms with E-state index in [4.69, 9.17) is 5.73 Å². The van der Waals surface area contributed by atoms with Gasteiger partial charge in [0.15, 0.2) is 0 Å². The van der Waals surface area contributed by atoms with Gasteiger partial charge in [-0.25, -0.2) is 8.42 Å². The van der Waals surface area contributed by atoms with Crippen molar-refractivity contribution >= 4 is 31.6 Å². The second-order valence-corrected chi connectivity index (χ2v) is 7.88. The minimum absolute atomic E-state index is 0.262. The number of halogens is 1. The second kappa shape index (κ2) is 6.01. The van der Waals surface area contributed by atoms with Crippen molar-refractivity contribution in [2.75, 3.05) is 32.4 Å². The molecule has 0 aromatic heterocycles. The van der Waals surface area contributed by atoms with Crippen LogP contribution in [0.3, 0.4) is 0 Å². The number of sulfonamides is 1. The van der Waals surface area contributed by atoms with E-state index < -0.39 is 10.0 Å². The molecule has 1 saturated heterocycles. The van der Waals surface area contributed by atoms with Crippen LogP contribution in [0.25, 0.3) is 0 Å². The molecule has 1 heterocycles. The van der Waals surface area contributed by atoms with Gasteiger partial charge < -0.3 is 10.6 Å². The average Bonchev–Trinajstić information content (AvgIpc) is 2.42. The Bertz CT molecular complexity index is 591. The molecule has 0 bridgehead atoms. The van der Waals surface area contributed by atoms with Gasteiger partial charge in [0.05, 0.1) is 4.90 Å². The minimum atomic E-state index is -3.46. The molecule has 0 saturated carbocycles. The maximum atomic E-state index is 12.7. The molecule has 1 aliphatic heterocycles. The molecular formula is C13H20BrN3O2S. The zero-order valence-electron chi connectivity index (χ0n) is 11.7. The first-order valence-corrected chi connectivity index (χ1v) is 8.85. The first-order valence-electron chi connectivity index (χ1n) is 6.61. The van der Waals surface area contributed by atoms with Gasteiger partial charge in [-0.2, -0.15) is 4.31 Å². The van der Waals surface area contributed by atoms with Gasteiger partial charge >= 0.3 is 0 Å². The number of benzene rings is 1. The summed E-state index contributed by atoms with van der Waals surface area (Å²) in [5, 5.41) is 0. The Hall–Kier alpha value is -0.630. The second-order valence-electron chi connectivity index (χ2n) is 5.09. The molecule has 1 aliphatic rings. The zero-order chi connectivity index (χ0) is 14.9. The number of hydrogen-bond acceptors (Lipinski definition) is 4. The summed E-state index contributed by atoms with van der Waals surface area (Å²) in [6.45, 7) is 3.88. The molecule has 1 fully saturated rings. The summed E-state index contributed by atoms with van der Waals surface area (Å²) in [5.41, 5.74) is 6.22. The van der Waals surface area contributed by atoms with Crippen LogP contribution in [0.2, 0.25) is 0 Å². The molecule has 5 nitrogen and oxygen atoms in total. The lowest BCUT2D eigenvalue weighted by Crippen LogP contribution is -2.52. The minimum Gasteiger partial charge on any atom is -0.398 e. The van der Waals surface area contributed by atoms with Gasteiger partial charge in [-0.3, -0.25) is 0 Å². The third-order valence-corrected chi connectivity index (χ3v) is 6.40. The van der Waals surface area contributed by atoms with Crippen molar-refractivity contribution in [3.63, 3.8) is 0 Å². The van der Waals surface area contributed by atoms with E-state index >= 15 is 0 Å². The number of rotatable bonds is 3. The lowest BCUT2D eigenvalue weighted by Gasteiger charge is -2.38. The van der Waals surface area contributed by atoms with Gasteiger partial charge in [0.2, 0.25) is 10.0 Å². The lowest BCUT2D eigenvalue weighted by atomic mass is 10.1. The van der Waals surface area contributed by atoms with Crippen LogP contribution in [0, 0.1) is 0 Å². The van der Waals surface area contributed by atoms with Crippen LogP contribution in [0.5, 0.6) is 0 Å². The van der Waals surface area contributed by atoms with Crippen LogP contribution in [-0.2, 0) is 10.0 Å². The number of hydrogen-bond donors (Lipinski definition) is 1. The normalized spacial score (nSPS) is 22.1. The Labute approximate surface area is 128 Å². The quantitative estimate of drug-likeness (QED) is 0.832. The van der Waals surface area contributed by atoms with Crippen molar-refractivity contribution in [3.05, 3.63) is 22.7 Å². The first kappa shape index (κ1) is 15.8. The third-order valence-electron chi connectivity index (χ3n) is 3.82. The van der Waals surface area contributed by atoms with E-state index in [-0.39, 0.29) is 10.9 Å². The van der Waals surface area contributed by atoms with E-state index in [1.165, 1.54) is 6.07 Å². The molecule has 1 atom stereocenters. The molecule has 0 radical (unpaired) electrons. The number of nitrogens with zero attached hydrogens (tertiary/aromatic N) is 2. The van der Waals surface area contributed by atoms with Crippen LogP contribution in [0.1, 0.15) is 13.3 Å². The van der Waals surface area contributed by atoms with Crippen LogP contribution in [0.15, 0.2) is 27.6 Å². The van der Waals surface area contributed by atoms with Gasteiger partial charge in [0.1, 0.15) is 0 Å². The molecule has 1 unspecified atom stereocenters. The molecule has 1 aromatic carbocycles. The van der Waals surface area contributed by atoms with Crippen molar-refractivity contribution in [2.24, 2.45) is 0 Å². The van der Waals surface area contributed by atoms with Gasteiger partial charge in [0, 0.05) is 35.8 Å². The summed E-state index contributed by atoms with van der Waals surface area (Å²) in [4.78, 5) is 2.47. The molecule has 7 heteroatoms. The Kier molecular flexibility index (Phi) is 4.73. The molecule has 2 N–H and O–H groups in total. The highest BCUT2D eigenvalue weighted by atomic mass is 79.9. The monoisotopic (exact) mass is 361 g/mol. The van der Waals surface area contributed by atoms with Gasteiger partial charge in [-0.05, 0) is 47.6 Å². The van der Waals surface area contributed by atoms with E-state index in [0.717, 1.165) is 13.0 Å². The number of nitrogen functional groups attached to an aromatic ring is 1. The van der Waals surface area contributed by atoms with Crippen molar-refractivity contribution < 1.29 is 8.42 Å². The summed E-state index contributed by atoms with van der Waals surface area (Å²) in [7, 11) is -1.42. The van der Waals surface area contributed by atoms with E-state index in [1.54, 1.807) is 16.4 Å². The van der Waals surface area contributed by atoms with Crippen molar-refractivity contribution in [1.82, 2.24) is 9.21 Å². The van der Waals surface area contributed by atoms with Crippen LogP contribution in [0.4, 0.5) is 5.69 Å². The van der Waals surface area contributed by atoms with Gasteiger partial charge in [0.25, 0.3) is 0 Å². The molecule has 1 aromatic rings. The SMILES string of the molecule is CCC1CN(S(=O)(=O)c2ccc(Br)c(N)c2)CCN1C. The molecule has 20 heavy (non-hydrogen) atoms. The Balaban J connectivity index is 2.28. The fourth-order valence-corrected chi connectivity index (χ4v) is 4.16. The summed E-state index contributed by atoms with van der Waals surface area (Å²) in [5.74, 6) is 0. The molecule has 2 rings (SSSR count). The van der Waals surface area contributed by atoms with Crippen LogP contribution in [-0.4, -0.2) is 50.3 Å². The van der Waals surface area contributed by atoms with E-state index in [1.807, 2.05) is 7.05 Å². The molecule has 112 valence electrons. The molecule has 0 amide bonds. The van der Waals surface area contributed by atoms with E-state index in [0.29, 0.717) is 23.2 Å². The molecule has 0 spiro atoms. The maximum absolute atomic E-state index is 12.7. The Morgan fingerprint density at radius 1 is 1.40 bits per heavy atom. The topological polar surface area (TPSA) is 66.6 Å².